The Balaban J connectivity index is 1.60. The first-order valence-electron chi connectivity index (χ1n) is 11.8. The topological polar surface area (TPSA) is 70.2 Å². The molecule has 0 unspecified atom stereocenters. The molecule has 5 aromatic rings. The molecule has 0 fully saturated rings. The molecule has 2 heterocycles. The van der Waals surface area contributed by atoms with E-state index in [1.165, 1.54) is 5.56 Å². The van der Waals surface area contributed by atoms with Gasteiger partial charge in [0.05, 0.1) is 12.8 Å². The molecule has 182 valence electrons. The van der Waals surface area contributed by atoms with E-state index < -0.39 is 0 Å². The van der Waals surface area contributed by atoms with Crippen LogP contribution in [0.5, 0.6) is 5.75 Å². The van der Waals surface area contributed by atoms with Gasteiger partial charge in [-0.3, -0.25) is 4.57 Å². The molecule has 0 N–H and O–H groups in total. The third kappa shape index (κ3) is 4.66. The van der Waals surface area contributed by atoms with Gasteiger partial charge in [-0.2, -0.15) is 0 Å². The van der Waals surface area contributed by atoms with Crippen molar-refractivity contribution in [1.29, 1.82) is 0 Å². The maximum absolute atomic E-state index is 12.3. The van der Waals surface area contributed by atoms with Crippen molar-refractivity contribution in [1.82, 2.24) is 14.8 Å². The number of benzene rings is 3. The van der Waals surface area contributed by atoms with Gasteiger partial charge < -0.3 is 9.15 Å². The Labute approximate surface area is 214 Å². The van der Waals surface area contributed by atoms with Crippen molar-refractivity contribution in [2.45, 2.75) is 37.6 Å². The van der Waals surface area contributed by atoms with Gasteiger partial charge in [0.25, 0.3) is 0 Å². The molecule has 3 aromatic carbocycles. The lowest BCUT2D eigenvalue weighted by Crippen LogP contribution is -2.05. The number of nitrogens with zero attached hydrogens (tertiary/aromatic N) is 3. The van der Waals surface area contributed by atoms with Crippen LogP contribution in [0.3, 0.4) is 0 Å². The monoisotopic (exact) mass is 497 g/mol. The van der Waals surface area contributed by atoms with E-state index in [1.807, 2.05) is 55.5 Å². The molecule has 0 aliphatic carbocycles. The van der Waals surface area contributed by atoms with E-state index in [0.717, 1.165) is 44.5 Å². The van der Waals surface area contributed by atoms with Gasteiger partial charge >= 0.3 is 5.63 Å². The molecule has 2 aromatic heterocycles. The summed E-state index contributed by atoms with van der Waals surface area (Å²) in [7, 11) is 1.65. The predicted molar refractivity (Wildman–Crippen MR) is 144 cm³/mol. The molecule has 0 atom stereocenters. The summed E-state index contributed by atoms with van der Waals surface area (Å²) in [6.07, 6.45) is 0. The second-order valence-electron chi connectivity index (χ2n) is 8.96. The number of aromatic nitrogens is 3. The standard InChI is InChI=1S/C29H27N3O3S/c1-18(2)23-7-5-6-8-25(23)32-28(20-10-12-22(34-4)13-11-20)30-31-29(32)36-17-21-16-27(33)35-26-15-19(3)9-14-24(21)26/h5-16,18H,17H2,1-4H3. The van der Waals surface area contributed by atoms with Crippen LogP contribution in [0.1, 0.15) is 36.5 Å². The van der Waals surface area contributed by atoms with Crippen LogP contribution >= 0.6 is 11.8 Å². The van der Waals surface area contributed by atoms with Gasteiger partial charge in [-0.25, -0.2) is 4.79 Å². The van der Waals surface area contributed by atoms with E-state index in [4.69, 9.17) is 9.15 Å². The van der Waals surface area contributed by atoms with Gasteiger partial charge in [0, 0.05) is 22.8 Å². The molecule has 0 aliphatic rings. The van der Waals surface area contributed by atoms with Gasteiger partial charge in [-0.05, 0) is 65.9 Å². The first-order chi connectivity index (χ1) is 17.4. The highest BCUT2D eigenvalue weighted by atomic mass is 32.2. The van der Waals surface area contributed by atoms with E-state index >= 15 is 0 Å². The van der Waals surface area contributed by atoms with Crippen LogP contribution in [0.15, 0.2) is 87.2 Å². The number of methoxy groups -OCH3 is 1. The summed E-state index contributed by atoms with van der Waals surface area (Å²) >= 11 is 1.55. The van der Waals surface area contributed by atoms with Crippen LogP contribution in [0, 0.1) is 6.92 Å². The molecule has 36 heavy (non-hydrogen) atoms. The third-order valence-corrected chi connectivity index (χ3v) is 7.10. The highest BCUT2D eigenvalue weighted by Crippen LogP contribution is 2.34. The first-order valence-corrected chi connectivity index (χ1v) is 12.8. The first kappa shape index (κ1) is 23.9. The maximum atomic E-state index is 12.3. The zero-order valence-electron chi connectivity index (χ0n) is 20.7. The Morgan fingerprint density at radius 3 is 2.53 bits per heavy atom. The molecule has 0 saturated heterocycles. The average molecular weight is 498 g/mol. The van der Waals surface area contributed by atoms with Crippen molar-refractivity contribution in [3.63, 3.8) is 0 Å². The fraction of sp³-hybridized carbons (Fsp3) is 0.207. The van der Waals surface area contributed by atoms with Gasteiger partial charge in [0.15, 0.2) is 11.0 Å². The lowest BCUT2D eigenvalue weighted by atomic mass is 10.0. The summed E-state index contributed by atoms with van der Waals surface area (Å²) in [5, 5.41) is 10.9. The Kier molecular flexibility index (Phi) is 6.65. The van der Waals surface area contributed by atoms with E-state index in [1.54, 1.807) is 24.9 Å². The van der Waals surface area contributed by atoms with Crippen LogP contribution < -0.4 is 10.4 Å². The number of thioether (sulfide) groups is 1. The Morgan fingerprint density at radius 2 is 1.78 bits per heavy atom. The minimum absolute atomic E-state index is 0.316. The summed E-state index contributed by atoms with van der Waals surface area (Å²) in [5.41, 5.74) is 5.38. The molecule has 0 saturated carbocycles. The number of hydrogen-bond donors (Lipinski definition) is 0. The molecule has 0 radical (unpaired) electrons. The average Bonchev–Trinajstić information content (AvgIpc) is 3.30. The van der Waals surface area contributed by atoms with Crippen molar-refractivity contribution in [3.8, 4) is 22.8 Å². The molecule has 0 bridgehead atoms. The van der Waals surface area contributed by atoms with Gasteiger partial charge in [0.1, 0.15) is 11.3 Å². The van der Waals surface area contributed by atoms with E-state index in [9.17, 15) is 4.79 Å². The minimum Gasteiger partial charge on any atom is -0.497 e. The second-order valence-corrected chi connectivity index (χ2v) is 9.91. The molecular formula is C29H27N3O3S. The predicted octanol–water partition coefficient (Wildman–Crippen LogP) is 6.77. The minimum atomic E-state index is -0.353. The smallest absolute Gasteiger partial charge is 0.336 e. The fourth-order valence-corrected chi connectivity index (χ4v) is 5.22. The van der Waals surface area contributed by atoms with Crippen molar-refractivity contribution in [2.75, 3.05) is 7.11 Å². The highest BCUT2D eigenvalue weighted by Gasteiger charge is 2.20. The Hall–Kier alpha value is -3.84. The van der Waals surface area contributed by atoms with Crippen LogP contribution in [0.4, 0.5) is 0 Å². The van der Waals surface area contributed by atoms with Gasteiger partial charge in [-0.1, -0.05) is 55.9 Å². The van der Waals surface area contributed by atoms with E-state index in [-0.39, 0.29) is 5.63 Å². The molecular weight excluding hydrogens is 470 g/mol. The zero-order chi connectivity index (χ0) is 25.2. The van der Waals surface area contributed by atoms with Gasteiger partial charge in [0.2, 0.25) is 0 Å². The van der Waals surface area contributed by atoms with Crippen molar-refractivity contribution in [2.24, 2.45) is 0 Å². The van der Waals surface area contributed by atoms with Crippen molar-refractivity contribution in [3.05, 3.63) is 99.9 Å². The molecule has 0 amide bonds. The van der Waals surface area contributed by atoms with E-state index in [0.29, 0.717) is 17.3 Å². The summed E-state index contributed by atoms with van der Waals surface area (Å²) < 4.78 is 12.9. The number of fused-ring (bicyclic) bond motifs is 1. The van der Waals surface area contributed by atoms with E-state index in [2.05, 4.69) is 46.8 Å². The zero-order valence-corrected chi connectivity index (χ0v) is 21.5. The van der Waals surface area contributed by atoms with Gasteiger partial charge in [-0.15, -0.1) is 10.2 Å². The second kappa shape index (κ2) is 10.0. The molecule has 5 rings (SSSR count). The number of para-hydroxylation sites is 1. The van der Waals surface area contributed by atoms with Crippen molar-refractivity contribution < 1.29 is 9.15 Å². The SMILES string of the molecule is COc1ccc(-c2nnc(SCc3cc(=O)oc4cc(C)ccc34)n2-c2ccccc2C(C)C)cc1. The van der Waals surface area contributed by atoms with Crippen LogP contribution in [0.2, 0.25) is 0 Å². The number of ether oxygens (including phenoxy) is 1. The highest BCUT2D eigenvalue weighted by molar-refractivity contribution is 7.98. The number of aryl methyl sites for hydroxylation is 1. The Morgan fingerprint density at radius 1 is 1.00 bits per heavy atom. The lowest BCUT2D eigenvalue weighted by molar-refractivity contribution is 0.415. The summed E-state index contributed by atoms with van der Waals surface area (Å²) in [6, 6.07) is 23.7. The van der Waals surface area contributed by atoms with Crippen molar-refractivity contribution >= 4 is 22.7 Å². The molecule has 0 spiro atoms. The summed E-state index contributed by atoms with van der Waals surface area (Å²) in [4.78, 5) is 12.3. The number of hydrogen-bond acceptors (Lipinski definition) is 6. The van der Waals surface area contributed by atoms with Crippen LogP contribution in [-0.4, -0.2) is 21.9 Å². The molecule has 6 nitrogen and oxygen atoms in total. The molecule has 7 heteroatoms. The van der Waals surface area contributed by atoms with Crippen LogP contribution in [0.25, 0.3) is 28.0 Å². The summed E-state index contributed by atoms with van der Waals surface area (Å²) in [5.74, 6) is 2.40. The lowest BCUT2D eigenvalue weighted by Gasteiger charge is -2.17. The molecule has 0 aliphatic heterocycles. The Bertz CT molecular complexity index is 1590. The summed E-state index contributed by atoms with van der Waals surface area (Å²) in [6.45, 7) is 6.34. The third-order valence-electron chi connectivity index (χ3n) is 6.12. The fourth-order valence-electron chi connectivity index (χ4n) is 4.29. The maximum Gasteiger partial charge on any atom is 0.336 e. The van der Waals surface area contributed by atoms with Crippen LogP contribution in [-0.2, 0) is 5.75 Å². The quantitative estimate of drug-likeness (QED) is 0.182. The number of rotatable bonds is 7. The largest absolute Gasteiger partial charge is 0.497 e. The normalized spacial score (nSPS) is 11.4.